The molecule has 1 aliphatic heterocycles. The van der Waals surface area contributed by atoms with E-state index in [1.165, 1.54) is 0 Å². The molecule has 15 heavy (non-hydrogen) atoms. The summed E-state index contributed by atoms with van der Waals surface area (Å²) in [6, 6.07) is 3.81. The van der Waals surface area contributed by atoms with E-state index in [-0.39, 0.29) is 5.56 Å². The van der Waals surface area contributed by atoms with Gasteiger partial charge < -0.3 is 14.2 Å². The molecule has 1 saturated heterocycles. The summed E-state index contributed by atoms with van der Waals surface area (Å²) in [5.74, 6) is 0. The van der Waals surface area contributed by atoms with Crippen molar-refractivity contribution in [3.63, 3.8) is 0 Å². The molecule has 82 valence electrons. The number of hydrogen-bond donors (Lipinski definition) is 0. The van der Waals surface area contributed by atoms with Gasteiger partial charge >= 0.3 is 0 Å². The van der Waals surface area contributed by atoms with Crippen LogP contribution in [0.15, 0.2) is 23.1 Å². The van der Waals surface area contributed by atoms with Gasteiger partial charge in [-0.2, -0.15) is 0 Å². The first-order valence-corrected chi connectivity index (χ1v) is 5.35. The number of aromatic nitrogens is 1. The summed E-state index contributed by atoms with van der Waals surface area (Å²) in [4.78, 5) is 14.1. The Morgan fingerprint density at radius 2 is 2.13 bits per heavy atom. The van der Waals surface area contributed by atoms with Crippen molar-refractivity contribution in [2.75, 3.05) is 31.2 Å². The highest BCUT2D eigenvalue weighted by Gasteiger charge is 2.14. The number of anilines is 1. The van der Waals surface area contributed by atoms with Crippen LogP contribution < -0.4 is 10.5 Å². The molecule has 1 aliphatic rings. The lowest BCUT2D eigenvalue weighted by Gasteiger charge is -2.28. The molecule has 0 unspecified atom stereocenters. The molecular formula is C11H16N2O2. The van der Waals surface area contributed by atoms with Crippen LogP contribution in [0.1, 0.15) is 6.92 Å². The van der Waals surface area contributed by atoms with E-state index < -0.39 is 0 Å². The SMILES string of the molecule is CCn1cccc(N2CCOCC2)c1=O. The lowest BCUT2D eigenvalue weighted by atomic mass is 10.3. The highest BCUT2D eigenvalue weighted by molar-refractivity contribution is 5.44. The van der Waals surface area contributed by atoms with E-state index in [0.29, 0.717) is 13.2 Å². The lowest BCUT2D eigenvalue weighted by Crippen LogP contribution is -2.40. The van der Waals surface area contributed by atoms with E-state index in [1.807, 2.05) is 25.3 Å². The van der Waals surface area contributed by atoms with Crippen molar-refractivity contribution in [2.24, 2.45) is 0 Å². The van der Waals surface area contributed by atoms with Gasteiger partial charge in [-0.05, 0) is 19.1 Å². The second-order valence-corrected chi connectivity index (χ2v) is 3.58. The highest BCUT2D eigenvalue weighted by atomic mass is 16.5. The third-order valence-corrected chi connectivity index (χ3v) is 2.69. The predicted molar refractivity (Wildman–Crippen MR) is 59.4 cm³/mol. The van der Waals surface area contributed by atoms with Gasteiger partial charge in [0.2, 0.25) is 0 Å². The van der Waals surface area contributed by atoms with Crippen molar-refractivity contribution in [1.82, 2.24) is 4.57 Å². The molecule has 4 nitrogen and oxygen atoms in total. The average Bonchev–Trinajstić information content (AvgIpc) is 2.30. The first-order valence-electron chi connectivity index (χ1n) is 5.35. The van der Waals surface area contributed by atoms with E-state index in [2.05, 4.69) is 4.90 Å². The first kappa shape index (κ1) is 10.2. The number of nitrogens with zero attached hydrogens (tertiary/aromatic N) is 2. The van der Waals surface area contributed by atoms with Crippen LogP contribution in [0.3, 0.4) is 0 Å². The zero-order chi connectivity index (χ0) is 10.7. The van der Waals surface area contributed by atoms with Crippen LogP contribution in [0.2, 0.25) is 0 Å². The van der Waals surface area contributed by atoms with E-state index in [9.17, 15) is 4.79 Å². The predicted octanol–water partition coefficient (Wildman–Crippen LogP) is 0.705. The molecule has 1 fully saturated rings. The maximum Gasteiger partial charge on any atom is 0.274 e. The Morgan fingerprint density at radius 3 is 2.80 bits per heavy atom. The number of morpholine rings is 1. The minimum Gasteiger partial charge on any atom is -0.378 e. The molecule has 1 aromatic rings. The Labute approximate surface area is 89.1 Å². The van der Waals surface area contributed by atoms with Crippen molar-refractivity contribution >= 4 is 5.69 Å². The number of aryl methyl sites for hydroxylation is 1. The monoisotopic (exact) mass is 208 g/mol. The summed E-state index contributed by atoms with van der Waals surface area (Å²) in [6.07, 6.45) is 1.83. The molecule has 0 atom stereocenters. The summed E-state index contributed by atoms with van der Waals surface area (Å²) in [5, 5.41) is 0. The third-order valence-electron chi connectivity index (χ3n) is 2.69. The number of ether oxygens (including phenoxy) is 1. The second-order valence-electron chi connectivity index (χ2n) is 3.58. The molecule has 0 N–H and O–H groups in total. The molecule has 1 aromatic heterocycles. The third kappa shape index (κ3) is 2.04. The zero-order valence-electron chi connectivity index (χ0n) is 8.98. The van der Waals surface area contributed by atoms with Gasteiger partial charge in [-0.3, -0.25) is 4.79 Å². The molecule has 4 heteroatoms. The van der Waals surface area contributed by atoms with Gasteiger partial charge in [0.25, 0.3) is 5.56 Å². The molecule has 0 aromatic carbocycles. The topological polar surface area (TPSA) is 34.5 Å². The molecule has 0 bridgehead atoms. The van der Waals surface area contributed by atoms with Crippen molar-refractivity contribution in [3.8, 4) is 0 Å². The molecule has 0 amide bonds. The Morgan fingerprint density at radius 1 is 1.40 bits per heavy atom. The van der Waals surface area contributed by atoms with Gasteiger partial charge in [0.05, 0.1) is 13.2 Å². The molecule has 0 aliphatic carbocycles. The Kier molecular flexibility index (Phi) is 3.06. The Hall–Kier alpha value is -1.29. The first-order chi connectivity index (χ1) is 7.33. The van der Waals surface area contributed by atoms with E-state index in [4.69, 9.17) is 4.74 Å². The van der Waals surface area contributed by atoms with Gasteiger partial charge in [0.1, 0.15) is 5.69 Å². The fourth-order valence-corrected chi connectivity index (χ4v) is 1.82. The lowest BCUT2D eigenvalue weighted by molar-refractivity contribution is 0.122. The highest BCUT2D eigenvalue weighted by Crippen LogP contribution is 2.09. The molecule has 0 spiro atoms. The van der Waals surface area contributed by atoms with Crippen LogP contribution in [0.4, 0.5) is 5.69 Å². The molecule has 2 rings (SSSR count). The van der Waals surface area contributed by atoms with E-state index >= 15 is 0 Å². The average molecular weight is 208 g/mol. The second kappa shape index (κ2) is 4.49. The van der Waals surface area contributed by atoms with E-state index in [1.54, 1.807) is 4.57 Å². The standard InChI is InChI=1S/C11H16N2O2/c1-2-12-5-3-4-10(11(12)14)13-6-8-15-9-7-13/h3-5H,2,6-9H2,1H3. The van der Waals surface area contributed by atoms with Crippen LogP contribution in [0.25, 0.3) is 0 Å². The summed E-state index contributed by atoms with van der Waals surface area (Å²) in [7, 11) is 0. The Balaban J connectivity index is 2.30. The number of rotatable bonds is 2. The summed E-state index contributed by atoms with van der Waals surface area (Å²) >= 11 is 0. The van der Waals surface area contributed by atoms with Crippen LogP contribution >= 0.6 is 0 Å². The van der Waals surface area contributed by atoms with Crippen LogP contribution in [0, 0.1) is 0 Å². The minimum atomic E-state index is 0.0990. The molecule has 2 heterocycles. The molecular weight excluding hydrogens is 192 g/mol. The normalized spacial score (nSPS) is 16.7. The largest absolute Gasteiger partial charge is 0.378 e. The van der Waals surface area contributed by atoms with E-state index in [0.717, 1.165) is 25.3 Å². The fraction of sp³-hybridized carbons (Fsp3) is 0.545. The zero-order valence-corrected chi connectivity index (χ0v) is 8.98. The number of pyridine rings is 1. The van der Waals surface area contributed by atoms with Gasteiger partial charge in [0, 0.05) is 25.8 Å². The van der Waals surface area contributed by atoms with Crippen molar-refractivity contribution in [3.05, 3.63) is 28.7 Å². The van der Waals surface area contributed by atoms with Gasteiger partial charge in [0.15, 0.2) is 0 Å². The molecule has 0 radical (unpaired) electrons. The maximum atomic E-state index is 12.0. The van der Waals surface area contributed by atoms with Crippen molar-refractivity contribution < 1.29 is 4.74 Å². The quantitative estimate of drug-likeness (QED) is 0.717. The fourth-order valence-electron chi connectivity index (χ4n) is 1.82. The summed E-state index contributed by atoms with van der Waals surface area (Å²) in [6.45, 7) is 5.73. The van der Waals surface area contributed by atoms with Gasteiger partial charge in [-0.25, -0.2) is 0 Å². The Bertz CT molecular complexity index is 380. The molecule has 0 saturated carbocycles. The van der Waals surface area contributed by atoms with Gasteiger partial charge in [-0.15, -0.1) is 0 Å². The summed E-state index contributed by atoms with van der Waals surface area (Å²) in [5.41, 5.74) is 0.893. The van der Waals surface area contributed by atoms with Crippen LogP contribution in [-0.2, 0) is 11.3 Å². The van der Waals surface area contributed by atoms with Gasteiger partial charge in [-0.1, -0.05) is 0 Å². The van der Waals surface area contributed by atoms with Crippen LogP contribution in [0.5, 0.6) is 0 Å². The van der Waals surface area contributed by atoms with Crippen LogP contribution in [-0.4, -0.2) is 30.9 Å². The maximum absolute atomic E-state index is 12.0. The van der Waals surface area contributed by atoms with Crippen molar-refractivity contribution in [1.29, 1.82) is 0 Å². The smallest absolute Gasteiger partial charge is 0.274 e. The minimum absolute atomic E-state index is 0.0990. The number of hydrogen-bond acceptors (Lipinski definition) is 3. The van der Waals surface area contributed by atoms with Crippen molar-refractivity contribution in [2.45, 2.75) is 13.5 Å². The summed E-state index contributed by atoms with van der Waals surface area (Å²) < 4.78 is 6.99.